The zero-order valence-electron chi connectivity index (χ0n) is 14.2. The van der Waals surface area contributed by atoms with Crippen LogP contribution in [0.3, 0.4) is 0 Å². The van der Waals surface area contributed by atoms with Crippen molar-refractivity contribution >= 4 is 41.7 Å². The van der Waals surface area contributed by atoms with Gasteiger partial charge in [-0.3, -0.25) is 0 Å². The molecule has 0 aromatic heterocycles. The number of halogens is 1. The zero-order chi connectivity index (χ0) is 15.8. The van der Waals surface area contributed by atoms with Gasteiger partial charge in [0.1, 0.15) is 5.75 Å². The summed E-state index contributed by atoms with van der Waals surface area (Å²) in [4.78, 5) is 4.71. The van der Waals surface area contributed by atoms with Gasteiger partial charge in [0.2, 0.25) is 0 Å². The fourth-order valence-electron chi connectivity index (χ4n) is 2.74. The third kappa shape index (κ3) is 6.79. The second kappa shape index (κ2) is 11.0. The van der Waals surface area contributed by atoms with Crippen molar-refractivity contribution in [2.75, 3.05) is 19.9 Å². The van der Waals surface area contributed by atoms with Crippen LogP contribution in [0.25, 0.3) is 0 Å². The number of benzene rings is 1. The lowest BCUT2D eigenvalue weighted by Crippen LogP contribution is -2.42. The number of aliphatic imine (C=N–C) groups is 1. The molecule has 0 amide bonds. The van der Waals surface area contributed by atoms with Gasteiger partial charge in [-0.05, 0) is 50.1 Å². The predicted molar refractivity (Wildman–Crippen MR) is 111 cm³/mol. The zero-order valence-corrected chi connectivity index (χ0v) is 17.3. The van der Waals surface area contributed by atoms with Crippen molar-refractivity contribution in [1.29, 1.82) is 0 Å². The second-order valence-electron chi connectivity index (χ2n) is 5.56. The average Bonchev–Trinajstić information content (AvgIpc) is 3.00. The molecule has 130 valence electrons. The van der Waals surface area contributed by atoms with Crippen LogP contribution in [0.2, 0.25) is 0 Å². The minimum Gasteiger partial charge on any atom is -0.497 e. The van der Waals surface area contributed by atoms with E-state index in [1.54, 1.807) is 7.11 Å². The quantitative estimate of drug-likeness (QED) is 0.396. The van der Waals surface area contributed by atoms with Gasteiger partial charge in [0.15, 0.2) is 5.96 Å². The summed E-state index contributed by atoms with van der Waals surface area (Å²) >= 11 is 1.98. The van der Waals surface area contributed by atoms with Crippen molar-refractivity contribution in [2.45, 2.75) is 44.0 Å². The molecule has 2 unspecified atom stereocenters. The molecule has 2 N–H and O–H groups in total. The molecule has 1 aliphatic rings. The monoisotopic (exact) mass is 449 g/mol. The van der Waals surface area contributed by atoms with E-state index in [4.69, 9.17) is 9.73 Å². The molecule has 0 bridgehead atoms. The highest BCUT2D eigenvalue weighted by Gasteiger charge is 2.24. The lowest BCUT2D eigenvalue weighted by Gasteiger charge is -2.17. The number of rotatable bonds is 6. The van der Waals surface area contributed by atoms with Crippen LogP contribution >= 0.6 is 35.7 Å². The topological polar surface area (TPSA) is 45.7 Å². The van der Waals surface area contributed by atoms with Crippen molar-refractivity contribution < 1.29 is 4.74 Å². The summed E-state index contributed by atoms with van der Waals surface area (Å²) in [5, 5.41) is 7.71. The number of guanidine groups is 1. The van der Waals surface area contributed by atoms with Crippen molar-refractivity contribution in [3.05, 3.63) is 29.8 Å². The van der Waals surface area contributed by atoms with Crippen LogP contribution in [0, 0.1) is 0 Å². The number of thioether (sulfide) groups is 1. The molecule has 1 saturated carbocycles. The van der Waals surface area contributed by atoms with Gasteiger partial charge >= 0.3 is 0 Å². The molecule has 23 heavy (non-hydrogen) atoms. The summed E-state index contributed by atoms with van der Waals surface area (Å²) in [6.07, 6.45) is 5.96. The maximum Gasteiger partial charge on any atom is 0.191 e. The van der Waals surface area contributed by atoms with Crippen molar-refractivity contribution in [3.63, 3.8) is 0 Å². The van der Waals surface area contributed by atoms with E-state index in [2.05, 4.69) is 29.9 Å². The fraction of sp³-hybridized carbons (Fsp3) is 0.588. The Bertz CT molecular complexity index is 498. The molecule has 6 heteroatoms. The van der Waals surface area contributed by atoms with Crippen LogP contribution in [0.1, 0.15) is 31.7 Å². The molecule has 1 aromatic rings. The first kappa shape index (κ1) is 20.4. The van der Waals surface area contributed by atoms with Gasteiger partial charge in [0.05, 0.1) is 13.7 Å². The molecular formula is C17H28IN3OS. The molecule has 0 spiro atoms. The van der Waals surface area contributed by atoms with E-state index in [0.717, 1.165) is 29.1 Å². The van der Waals surface area contributed by atoms with Gasteiger partial charge in [-0.15, -0.1) is 24.0 Å². The van der Waals surface area contributed by atoms with Gasteiger partial charge < -0.3 is 15.4 Å². The molecule has 1 aromatic carbocycles. The van der Waals surface area contributed by atoms with E-state index in [1.807, 2.05) is 30.0 Å². The first-order valence-corrected chi connectivity index (χ1v) is 9.24. The van der Waals surface area contributed by atoms with Gasteiger partial charge in [-0.2, -0.15) is 11.8 Å². The Kier molecular flexibility index (Phi) is 9.78. The van der Waals surface area contributed by atoms with Crippen molar-refractivity contribution in [1.82, 2.24) is 10.6 Å². The molecule has 0 saturated heterocycles. The van der Waals surface area contributed by atoms with Crippen molar-refractivity contribution in [3.8, 4) is 5.75 Å². The van der Waals surface area contributed by atoms with Crippen LogP contribution < -0.4 is 15.4 Å². The van der Waals surface area contributed by atoms with Crippen LogP contribution in [0.4, 0.5) is 0 Å². The van der Waals surface area contributed by atoms with E-state index >= 15 is 0 Å². The number of methoxy groups -OCH3 is 1. The normalized spacial score (nSPS) is 20.7. The molecule has 0 heterocycles. The number of nitrogens with one attached hydrogen (secondary N) is 2. The van der Waals surface area contributed by atoms with Crippen LogP contribution in [0.5, 0.6) is 5.75 Å². The highest BCUT2D eigenvalue weighted by molar-refractivity contribution is 14.0. The van der Waals surface area contributed by atoms with Gasteiger partial charge in [0, 0.05) is 17.8 Å². The smallest absolute Gasteiger partial charge is 0.191 e. The predicted octanol–water partition coefficient (Wildman–Crippen LogP) is 3.65. The lowest BCUT2D eigenvalue weighted by molar-refractivity contribution is 0.414. The molecule has 2 rings (SSSR count). The summed E-state index contributed by atoms with van der Waals surface area (Å²) in [6, 6.07) is 8.61. The molecule has 1 aliphatic carbocycles. The molecule has 2 atom stereocenters. The largest absolute Gasteiger partial charge is 0.497 e. The van der Waals surface area contributed by atoms with E-state index in [-0.39, 0.29) is 24.0 Å². The van der Waals surface area contributed by atoms with Gasteiger partial charge in [-0.25, -0.2) is 4.99 Å². The molecule has 0 aliphatic heterocycles. The first-order valence-electron chi connectivity index (χ1n) is 7.95. The maximum atomic E-state index is 5.26. The number of hydrogen-bond donors (Lipinski definition) is 2. The summed E-state index contributed by atoms with van der Waals surface area (Å²) in [6.45, 7) is 3.63. The Balaban J connectivity index is 0.00000264. The summed E-state index contributed by atoms with van der Waals surface area (Å²) in [5.41, 5.74) is 1.16. The lowest BCUT2D eigenvalue weighted by atomic mass is 10.2. The second-order valence-corrected chi connectivity index (χ2v) is 6.70. The van der Waals surface area contributed by atoms with E-state index in [9.17, 15) is 0 Å². The molecule has 1 fully saturated rings. The van der Waals surface area contributed by atoms with Crippen molar-refractivity contribution in [2.24, 2.45) is 4.99 Å². The minimum atomic E-state index is 0. The number of ether oxygens (including phenoxy) is 1. The third-order valence-corrected chi connectivity index (χ3v) is 5.05. The first-order chi connectivity index (χ1) is 10.7. The van der Waals surface area contributed by atoms with E-state index in [0.29, 0.717) is 12.6 Å². The van der Waals surface area contributed by atoms with Crippen LogP contribution in [-0.4, -0.2) is 37.2 Å². The van der Waals surface area contributed by atoms with Gasteiger partial charge in [-0.1, -0.05) is 12.1 Å². The molecule has 0 radical (unpaired) electrons. The van der Waals surface area contributed by atoms with E-state index in [1.165, 1.54) is 19.3 Å². The highest BCUT2D eigenvalue weighted by atomic mass is 127. The summed E-state index contributed by atoms with van der Waals surface area (Å²) < 4.78 is 5.26. The average molecular weight is 449 g/mol. The molecule has 4 nitrogen and oxygen atoms in total. The Hall–Kier alpha value is -0.630. The summed E-state index contributed by atoms with van der Waals surface area (Å²) in [5.74, 6) is 1.79. The highest BCUT2D eigenvalue weighted by Crippen LogP contribution is 2.28. The number of hydrogen-bond acceptors (Lipinski definition) is 3. The Morgan fingerprint density at radius 2 is 2.22 bits per heavy atom. The Morgan fingerprint density at radius 1 is 1.39 bits per heavy atom. The third-order valence-electron chi connectivity index (χ3n) is 3.96. The number of nitrogens with zero attached hydrogens (tertiary/aromatic N) is 1. The SMILES string of the molecule is CCNC(=NCc1cccc(OC)c1)NC1CCC(SC)C1.I. The fourth-order valence-corrected chi connectivity index (χ4v) is 3.54. The van der Waals surface area contributed by atoms with Crippen LogP contribution in [0.15, 0.2) is 29.3 Å². The molecular weight excluding hydrogens is 421 g/mol. The minimum absolute atomic E-state index is 0. The Morgan fingerprint density at radius 3 is 2.87 bits per heavy atom. The summed E-state index contributed by atoms with van der Waals surface area (Å²) in [7, 11) is 1.69. The van der Waals surface area contributed by atoms with Crippen LogP contribution in [-0.2, 0) is 6.54 Å². The van der Waals surface area contributed by atoms with Gasteiger partial charge in [0.25, 0.3) is 0 Å². The standard InChI is InChI=1S/C17H27N3OS.HI/c1-4-18-17(20-14-8-9-16(11-14)22-3)19-12-13-6-5-7-15(10-13)21-2;/h5-7,10,14,16H,4,8-9,11-12H2,1-3H3,(H2,18,19,20);1H. The van der Waals surface area contributed by atoms with E-state index < -0.39 is 0 Å². The maximum absolute atomic E-state index is 5.26. The Labute approximate surface area is 161 Å².